The van der Waals surface area contributed by atoms with Crippen LogP contribution in [0.25, 0.3) is 0 Å². The van der Waals surface area contributed by atoms with E-state index in [1.54, 1.807) is 12.1 Å². The van der Waals surface area contributed by atoms with Crippen LogP contribution in [0.1, 0.15) is 56.6 Å². The molecule has 0 aliphatic heterocycles. The van der Waals surface area contributed by atoms with Crippen molar-refractivity contribution in [1.29, 1.82) is 0 Å². The summed E-state index contributed by atoms with van der Waals surface area (Å²) in [6.07, 6.45) is 4.05. The number of alkyl halides is 4. The third kappa shape index (κ3) is 6.33. The summed E-state index contributed by atoms with van der Waals surface area (Å²) in [7, 11) is 0. The summed E-state index contributed by atoms with van der Waals surface area (Å²) in [6, 6.07) is 6.34. The Kier molecular flexibility index (Phi) is 7.96. The molecule has 8 heteroatoms. The maximum absolute atomic E-state index is 14.5. The fourth-order valence-electron chi connectivity index (χ4n) is 4.17. The first-order valence-corrected chi connectivity index (χ1v) is 10.8. The number of rotatable bonds is 9. The molecule has 0 spiro atoms. The molecule has 1 aliphatic rings. The van der Waals surface area contributed by atoms with Crippen molar-refractivity contribution in [2.45, 2.75) is 64.6 Å². The number of hydrogen-bond acceptors (Lipinski definition) is 2. The van der Waals surface area contributed by atoms with E-state index in [2.05, 4.69) is 16.4 Å². The summed E-state index contributed by atoms with van der Waals surface area (Å²) in [4.78, 5) is 0. The van der Waals surface area contributed by atoms with Gasteiger partial charge in [-0.25, -0.2) is 8.78 Å². The monoisotopic (exact) mass is 460 g/mol. The summed E-state index contributed by atoms with van der Waals surface area (Å²) < 4.78 is 89.0. The highest BCUT2D eigenvalue weighted by molar-refractivity contribution is 5.36. The van der Waals surface area contributed by atoms with Gasteiger partial charge in [0.1, 0.15) is 5.75 Å². The molecule has 1 aliphatic carbocycles. The van der Waals surface area contributed by atoms with Gasteiger partial charge in [0.05, 0.1) is 5.56 Å². The van der Waals surface area contributed by atoms with E-state index in [1.165, 1.54) is 44.2 Å². The highest BCUT2D eigenvalue weighted by atomic mass is 19.3. The van der Waals surface area contributed by atoms with E-state index in [0.717, 1.165) is 24.3 Å². The highest BCUT2D eigenvalue weighted by Gasteiger charge is 2.35. The lowest BCUT2D eigenvalue weighted by molar-refractivity contribution is -0.185. The highest BCUT2D eigenvalue weighted by Crippen LogP contribution is 2.36. The number of hydrogen-bond donors (Lipinski definition) is 0. The van der Waals surface area contributed by atoms with Crippen LogP contribution in [0.4, 0.5) is 26.3 Å². The van der Waals surface area contributed by atoms with Gasteiger partial charge >= 0.3 is 12.7 Å². The van der Waals surface area contributed by atoms with Crippen molar-refractivity contribution in [1.82, 2.24) is 0 Å². The smallest absolute Gasteiger partial charge is 0.426 e. The molecule has 176 valence electrons. The lowest BCUT2D eigenvalue weighted by Gasteiger charge is -2.27. The molecule has 3 rings (SSSR count). The molecule has 0 saturated heterocycles. The van der Waals surface area contributed by atoms with Gasteiger partial charge in [-0.05, 0) is 42.4 Å². The molecule has 0 amide bonds. The van der Waals surface area contributed by atoms with E-state index in [4.69, 9.17) is 0 Å². The van der Waals surface area contributed by atoms with Gasteiger partial charge < -0.3 is 9.47 Å². The SMILES string of the molecule is CC[C@H]1CC[C@H](CCc2ccc(C(F)(F)Oc3cc(F)c(OC(F)F)c(F)c3)cc2)CC1. The second kappa shape index (κ2) is 10.5. The lowest BCUT2D eigenvalue weighted by Crippen LogP contribution is -2.22. The van der Waals surface area contributed by atoms with E-state index in [-0.39, 0.29) is 0 Å². The van der Waals surface area contributed by atoms with Crippen molar-refractivity contribution in [2.75, 3.05) is 0 Å². The second-order valence-electron chi connectivity index (χ2n) is 8.24. The van der Waals surface area contributed by atoms with Crippen molar-refractivity contribution < 1.29 is 35.8 Å². The van der Waals surface area contributed by atoms with Crippen LogP contribution in [-0.4, -0.2) is 6.61 Å². The van der Waals surface area contributed by atoms with Gasteiger partial charge in [0.25, 0.3) is 0 Å². The number of benzene rings is 2. The Morgan fingerprint density at radius 2 is 1.50 bits per heavy atom. The number of halogens is 6. The van der Waals surface area contributed by atoms with Crippen molar-refractivity contribution in [3.8, 4) is 11.5 Å². The van der Waals surface area contributed by atoms with E-state index >= 15 is 0 Å². The van der Waals surface area contributed by atoms with E-state index < -0.39 is 41.4 Å². The summed E-state index contributed by atoms with van der Waals surface area (Å²) in [5, 5.41) is 0. The average Bonchev–Trinajstić information content (AvgIpc) is 2.75. The third-order valence-electron chi connectivity index (χ3n) is 6.10. The summed E-state index contributed by atoms with van der Waals surface area (Å²) in [5.74, 6) is -3.87. The van der Waals surface area contributed by atoms with Crippen LogP contribution < -0.4 is 9.47 Å². The fourth-order valence-corrected chi connectivity index (χ4v) is 4.17. The number of aryl methyl sites for hydroxylation is 1. The van der Waals surface area contributed by atoms with Gasteiger partial charge in [-0.2, -0.15) is 17.6 Å². The van der Waals surface area contributed by atoms with Gasteiger partial charge in [-0.1, -0.05) is 51.2 Å². The van der Waals surface area contributed by atoms with E-state index in [0.29, 0.717) is 18.1 Å². The van der Waals surface area contributed by atoms with Crippen molar-refractivity contribution in [2.24, 2.45) is 11.8 Å². The molecule has 2 aromatic rings. The lowest BCUT2D eigenvalue weighted by atomic mass is 9.78. The van der Waals surface area contributed by atoms with Gasteiger partial charge in [0.15, 0.2) is 17.4 Å². The molecule has 0 atom stereocenters. The molecule has 0 N–H and O–H groups in total. The van der Waals surface area contributed by atoms with Gasteiger partial charge in [-0.3, -0.25) is 0 Å². The average molecular weight is 460 g/mol. The van der Waals surface area contributed by atoms with E-state index in [9.17, 15) is 26.3 Å². The van der Waals surface area contributed by atoms with Crippen LogP contribution in [-0.2, 0) is 12.5 Å². The predicted octanol–water partition coefficient (Wildman–Crippen LogP) is 7.84. The minimum absolute atomic E-state index is 0.371. The molecular weight excluding hydrogens is 434 g/mol. The maximum atomic E-state index is 14.5. The van der Waals surface area contributed by atoms with Crippen LogP contribution >= 0.6 is 0 Å². The zero-order valence-electron chi connectivity index (χ0n) is 17.7. The first-order valence-electron chi connectivity index (χ1n) is 10.8. The van der Waals surface area contributed by atoms with Gasteiger partial charge in [0.2, 0.25) is 0 Å². The van der Waals surface area contributed by atoms with Crippen LogP contribution in [0.2, 0.25) is 0 Å². The third-order valence-corrected chi connectivity index (χ3v) is 6.10. The second-order valence-corrected chi connectivity index (χ2v) is 8.24. The Hall–Kier alpha value is -2.38. The molecule has 0 bridgehead atoms. The molecule has 2 nitrogen and oxygen atoms in total. The molecule has 0 unspecified atom stereocenters. The quantitative estimate of drug-likeness (QED) is 0.355. The van der Waals surface area contributed by atoms with Crippen LogP contribution in [0.15, 0.2) is 36.4 Å². The summed E-state index contributed by atoms with van der Waals surface area (Å²) in [6.45, 7) is -1.24. The normalized spacial score (nSPS) is 19.2. The molecule has 0 radical (unpaired) electrons. The Morgan fingerprint density at radius 3 is 2.03 bits per heavy atom. The Bertz CT molecular complexity index is 854. The molecule has 0 heterocycles. The fraction of sp³-hybridized carbons (Fsp3) is 0.500. The zero-order valence-corrected chi connectivity index (χ0v) is 17.7. The minimum atomic E-state index is -3.87. The van der Waals surface area contributed by atoms with Crippen LogP contribution in [0, 0.1) is 23.5 Å². The van der Waals surface area contributed by atoms with Crippen molar-refractivity contribution in [3.63, 3.8) is 0 Å². The molecule has 32 heavy (non-hydrogen) atoms. The van der Waals surface area contributed by atoms with Crippen molar-refractivity contribution in [3.05, 3.63) is 59.2 Å². The van der Waals surface area contributed by atoms with Gasteiger partial charge in [-0.15, -0.1) is 0 Å². The molecule has 1 fully saturated rings. The molecular formula is C24H26F6O2. The Balaban J connectivity index is 1.60. The van der Waals surface area contributed by atoms with E-state index in [1.807, 2.05) is 0 Å². The number of ether oxygens (including phenoxy) is 2. The largest absolute Gasteiger partial charge is 0.429 e. The summed E-state index contributed by atoms with van der Waals surface area (Å²) >= 11 is 0. The Morgan fingerprint density at radius 1 is 0.938 bits per heavy atom. The summed E-state index contributed by atoms with van der Waals surface area (Å²) in [5.41, 5.74) is 0.436. The van der Waals surface area contributed by atoms with Crippen LogP contribution in [0.5, 0.6) is 11.5 Å². The maximum Gasteiger partial charge on any atom is 0.426 e. The molecule has 1 saturated carbocycles. The zero-order chi connectivity index (χ0) is 23.3. The molecule has 0 aromatic heterocycles. The Labute approximate surface area is 183 Å². The first kappa shape index (κ1) is 24.3. The predicted molar refractivity (Wildman–Crippen MR) is 108 cm³/mol. The minimum Gasteiger partial charge on any atom is -0.429 e. The topological polar surface area (TPSA) is 18.5 Å². The molecule has 2 aromatic carbocycles. The van der Waals surface area contributed by atoms with Gasteiger partial charge in [0, 0.05) is 12.1 Å². The first-order chi connectivity index (χ1) is 15.2. The standard InChI is InChI=1S/C24H26F6O2/c1-2-15-3-5-16(6-4-15)7-8-17-9-11-18(12-10-17)24(29,30)32-19-13-20(25)22(21(26)14-19)31-23(27)28/h9-16,23H,2-8H2,1H3/t15-,16-. The van der Waals surface area contributed by atoms with Crippen molar-refractivity contribution >= 4 is 0 Å². The van der Waals surface area contributed by atoms with Crippen LogP contribution in [0.3, 0.4) is 0 Å².